The number of rotatable bonds is 3. The van der Waals surface area contributed by atoms with Crippen LogP contribution < -0.4 is 4.74 Å². The van der Waals surface area contributed by atoms with Gasteiger partial charge in [0.15, 0.2) is 0 Å². The van der Waals surface area contributed by atoms with Gasteiger partial charge in [-0.25, -0.2) is 0 Å². The van der Waals surface area contributed by atoms with Crippen molar-refractivity contribution in [1.82, 2.24) is 0 Å². The largest absolute Gasteiger partial charge is 0.493 e. The lowest BCUT2D eigenvalue weighted by molar-refractivity contribution is -0.194. The Morgan fingerprint density at radius 3 is 2.24 bits per heavy atom. The molecule has 1 aromatic carbocycles. The summed E-state index contributed by atoms with van der Waals surface area (Å²) in [5, 5.41) is 8.56. The van der Waals surface area contributed by atoms with Crippen LogP contribution in [-0.2, 0) is 0 Å². The van der Waals surface area contributed by atoms with E-state index in [1.54, 1.807) is 0 Å². The maximum absolute atomic E-state index is 12.6. The third kappa shape index (κ3) is 2.36. The molecule has 0 heterocycles. The molecule has 1 aromatic rings. The lowest BCUT2D eigenvalue weighted by Gasteiger charge is -2.19. The molecule has 0 unspecified atom stereocenters. The highest BCUT2D eigenvalue weighted by Crippen LogP contribution is 2.57. The highest BCUT2D eigenvalue weighted by Gasteiger charge is 2.63. The van der Waals surface area contributed by atoms with Crippen molar-refractivity contribution in [3.05, 3.63) is 29.8 Å². The summed E-state index contributed by atoms with van der Waals surface area (Å²) in [5.41, 5.74) is -1.20. The predicted molar refractivity (Wildman–Crippen MR) is 54.4 cm³/mol. The molecule has 1 saturated carbocycles. The highest BCUT2D eigenvalue weighted by atomic mass is 19.4. The fourth-order valence-corrected chi connectivity index (χ4v) is 1.51. The van der Waals surface area contributed by atoms with Crippen molar-refractivity contribution in [1.29, 1.82) is 5.26 Å². The molecule has 2 nitrogen and oxygen atoms in total. The van der Waals surface area contributed by atoms with Crippen LogP contribution in [0.1, 0.15) is 18.4 Å². The number of nitriles is 1. The van der Waals surface area contributed by atoms with Gasteiger partial charge in [-0.15, -0.1) is 0 Å². The summed E-state index contributed by atoms with van der Waals surface area (Å²) >= 11 is 0. The van der Waals surface area contributed by atoms with E-state index in [0.717, 1.165) is 0 Å². The standard InChI is InChI=1S/C12H10F3NO/c13-12(14,15)11(5-6-11)8-17-10-3-1-9(7-16)2-4-10/h1-4H,5-6,8H2. The second-order valence-electron chi connectivity index (χ2n) is 4.20. The summed E-state index contributed by atoms with van der Waals surface area (Å²) in [5.74, 6) is 0.361. The van der Waals surface area contributed by atoms with Gasteiger partial charge in [-0.3, -0.25) is 0 Å². The monoisotopic (exact) mass is 241 g/mol. The molecule has 0 radical (unpaired) electrons. The summed E-state index contributed by atoms with van der Waals surface area (Å²) in [6.45, 7) is -0.345. The SMILES string of the molecule is N#Cc1ccc(OCC2(C(F)(F)F)CC2)cc1. The third-order valence-corrected chi connectivity index (χ3v) is 2.95. The summed E-state index contributed by atoms with van der Waals surface area (Å²) in [4.78, 5) is 0. The van der Waals surface area contributed by atoms with Gasteiger partial charge in [-0.1, -0.05) is 0 Å². The zero-order valence-corrected chi connectivity index (χ0v) is 8.92. The van der Waals surface area contributed by atoms with Gasteiger partial charge in [-0.05, 0) is 37.1 Å². The Labute approximate surface area is 96.6 Å². The molecule has 17 heavy (non-hydrogen) atoms. The van der Waals surface area contributed by atoms with Crippen molar-refractivity contribution in [3.8, 4) is 11.8 Å². The van der Waals surface area contributed by atoms with Crippen LogP contribution in [0.25, 0.3) is 0 Å². The molecule has 90 valence electrons. The Balaban J connectivity index is 1.97. The van der Waals surface area contributed by atoms with E-state index in [-0.39, 0.29) is 19.4 Å². The molecule has 2 rings (SSSR count). The quantitative estimate of drug-likeness (QED) is 0.813. The van der Waals surface area contributed by atoms with Crippen LogP contribution in [0, 0.1) is 16.7 Å². The van der Waals surface area contributed by atoms with Crippen molar-refractivity contribution in [2.24, 2.45) is 5.41 Å². The van der Waals surface area contributed by atoms with E-state index in [9.17, 15) is 13.2 Å². The van der Waals surface area contributed by atoms with Crippen LogP contribution in [-0.4, -0.2) is 12.8 Å². The molecule has 0 N–H and O–H groups in total. The molecule has 0 aliphatic heterocycles. The number of halogens is 3. The summed E-state index contributed by atoms with van der Waals surface area (Å²) < 4.78 is 42.9. The lowest BCUT2D eigenvalue weighted by Crippen LogP contribution is -2.30. The van der Waals surface area contributed by atoms with Crippen molar-refractivity contribution >= 4 is 0 Å². The van der Waals surface area contributed by atoms with Crippen LogP contribution >= 0.6 is 0 Å². The predicted octanol–water partition coefficient (Wildman–Crippen LogP) is 3.28. The van der Waals surface area contributed by atoms with Crippen LogP contribution in [0.15, 0.2) is 24.3 Å². The number of nitrogens with zero attached hydrogens (tertiary/aromatic N) is 1. The summed E-state index contributed by atoms with van der Waals surface area (Å²) in [6, 6.07) is 7.97. The Hall–Kier alpha value is -1.70. The zero-order valence-electron chi connectivity index (χ0n) is 8.92. The molecular formula is C12H10F3NO. The average molecular weight is 241 g/mol. The molecule has 0 atom stereocenters. The van der Waals surface area contributed by atoms with Crippen molar-refractivity contribution < 1.29 is 17.9 Å². The fraction of sp³-hybridized carbons (Fsp3) is 0.417. The maximum atomic E-state index is 12.6. The smallest absolute Gasteiger partial charge is 0.397 e. The summed E-state index contributed by atoms with van der Waals surface area (Å²) in [7, 11) is 0. The number of alkyl halides is 3. The van der Waals surface area contributed by atoms with Crippen molar-refractivity contribution in [2.75, 3.05) is 6.61 Å². The normalized spacial score (nSPS) is 17.3. The first-order chi connectivity index (χ1) is 7.97. The number of hydrogen-bond acceptors (Lipinski definition) is 2. The molecule has 0 saturated heterocycles. The van der Waals surface area contributed by atoms with Gasteiger partial charge in [0.2, 0.25) is 0 Å². The van der Waals surface area contributed by atoms with Gasteiger partial charge in [0.25, 0.3) is 0 Å². The minimum atomic E-state index is -4.19. The van der Waals surface area contributed by atoms with E-state index >= 15 is 0 Å². The molecule has 0 bridgehead atoms. The van der Waals surface area contributed by atoms with E-state index in [0.29, 0.717) is 11.3 Å². The number of benzene rings is 1. The van der Waals surface area contributed by atoms with E-state index in [1.165, 1.54) is 24.3 Å². The van der Waals surface area contributed by atoms with Crippen molar-refractivity contribution in [3.63, 3.8) is 0 Å². The molecule has 0 aromatic heterocycles. The van der Waals surface area contributed by atoms with Gasteiger partial charge in [0.1, 0.15) is 17.8 Å². The fourth-order valence-electron chi connectivity index (χ4n) is 1.51. The molecule has 0 amide bonds. The molecule has 0 spiro atoms. The van der Waals surface area contributed by atoms with E-state index in [4.69, 9.17) is 10.00 Å². The van der Waals surface area contributed by atoms with Gasteiger partial charge >= 0.3 is 6.18 Å². The van der Waals surface area contributed by atoms with Gasteiger partial charge in [0, 0.05) is 0 Å². The maximum Gasteiger partial charge on any atom is 0.397 e. The first-order valence-electron chi connectivity index (χ1n) is 5.17. The minimum absolute atomic E-state index is 0.132. The molecular weight excluding hydrogens is 231 g/mol. The minimum Gasteiger partial charge on any atom is -0.493 e. The Kier molecular flexibility index (Phi) is 2.74. The first-order valence-corrected chi connectivity index (χ1v) is 5.17. The van der Waals surface area contributed by atoms with Crippen LogP contribution in [0.2, 0.25) is 0 Å². The second kappa shape index (κ2) is 3.95. The third-order valence-electron chi connectivity index (χ3n) is 2.95. The van der Waals surface area contributed by atoms with E-state index in [1.807, 2.05) is 6.07 Å². The van der Waals surface area contributed by atoms with Crippen LogP contribution in [0.3, 0.4) is 0 Å². The topological polar surface area (TPSA) is 33.0 Å². The van der Waals surface area contributed by atoms with Gasteiger partial charge in [0.05, 0.1) is 11.6 Å². The zero-order chi connectivity index (χ0) is 12.5. The molecule has 1 aliphatic rings. The Morgan fingerprint density at radius 2 is 1.82 bits per heavy atom. The Bertz CT molecular complexity index is 440. The molecule has 5 heteroatoms. The van der Waals surface area contributed by atoms with E-state index < -0.39 is 11.6 Å². The average Bonchev–Trinajstić information content (AvgIpc) is 3.07. The highest BCUT2D eigenvalue weighted by molar-refractivity contribution is 5.34. The second-order valence-corrected chi connectivity index (χ2v) is 4.20. The van der Waals surface area contributed by atoms with Gasteiger partial charge < -0.3 is 4.74 Å². The first kappa shape index (κ1) is 11.8. The van der Waals surface area contributed by atoms with E-state index in [2.05, 4.69) is 0 Å². The summed E-state index contributed by atoms with van der Waals surface area (Å²) in [6.07, 6.45) is -3.93. The number of ether oxygens (including phenoxy) is 1. The van der Waals surface area contributed by atoms with Crippen LogP contribution in [0.5, 0.6) is 5.75 Å². The molecule has 1 fully saturated rings. The number of hydrogen-bond donors (Lipinski definition) is 0. The van der Waals surface area contributed by atoms with Crippen molar-refractivity contribution in [2.45, 2.75) is 19.0 Å². The van der Waals surface area contributed by atoms with Crippen LogP contribution in [0.4, 0.5) is 13.2 Å². The Morgan fingerprint density at radius 1 is 1.24 bits per heavy atom. The molecule has 1 aliphatic carbocycles. The van der Waals surface area contributed by atoms with Gasteiger partial charge in [-0.2, -0.15) is 18.4 Å². The lowest BCUT2D eigenvalue weighted by atomic mass is 10.1.